The van der Waals surface area contributed by atoms with Gasteiger partial charge in [-0.05, 0) is 68.3 Å². The maximum absolute atomic E-state index is 13.4. The molecule has 0 saturated heterocycles. The molecule has 184 valence electrons. The minimum absolute atomic E-state index is 0.0522. The number of primary amides is 1. The summed E-state index contributed by atoms with van der Waals surface area (Å²) >= 11 is 1.49. The molecule has 3 amide bonds. The van der Waals surface area contributed by atoms with Crippen LogP contribution in [-0.2, 0) is 16.1 Å². The minimum atomic E-state index is -0.788. The molecule has 2 aromatic heterocycles. The molecule has 0 spiro atoms. The van der Waals surface area contributed by atoms with Gasteiger partial charge in [-0.2, -0.15) is 0 Å². The Bertz CT molecular complexity index is 1270. The van der Waals surface area contributed by atoms with Crippen molar-refractivity contribution in [3.8, 4) is 0 Å². The third kappa shape index (κ3) is 5.22. The number of benzene rings is 1. The second kappa shape index (κ2) is 10.3. The van der Waals surface area contributed by atoms with Crippen LogP contribution in [0.5, 0.6) is 0 Å². The normalized spacial score (nSPS) is 17.7. The molecule has 0 unspecified atom stereocenters. The number of fused-ring (bicyclic) bond motifs is 1. The van der Waals surface area contributed by atoms with Gasteiger partial charge in [0.05, 0.1) is 16.1 Å². The van der Waals surface area contributed by atoms with Gasteiger partial charge in [0.15, 0.2) is 0 Å². The number of nitrogens with two attached hydrogens (primary N) is 1. The smallest absolute Gasteiger partial charge is 0.306 e. The van der Waals surface area contributed by atoms with Gasteiger partial charge in [0, 0.05) is 23.8 Å². The van der Waals surface area contributed by atoms with Crippen LogP contribution in [0.1, 0.15) is 53.5 Å². The van der Waals surface area contributed by atoms with E-state index >= 15 is 0 Å². The third-order valence-electron chi connectivity index (χ3n) is 6.52. The first kappa shape index (κ1) is 24.5. The average Bonchev–Trinajstić information content (AvgIpc) is 3.43. The molecule has 0 radical (unpaired) electrons. The van der Waals surface area contributed by atoms with E-state index in [2.05, 4.69) is 5.32 Å². The predicted molar refractivity (Wildman–Crippen MR) is 134 cm³/mol. The van der Waals surface area contributed by atoms with Crippen LogP contribution in [0, 0.1) is 5.92 Å². The Hall–Kier alpha value is -3.66. The first-order valence-electron chi connectivity index (χ1n) is 11.6. The zero-order valence-electron chi connectivity index (χ0n) is 19.4. The lowest BCUT2D eigenvalue weighted by atomic mass is 9.86. The predicted octanol–water partition coefficient (Wildman–Crippen LogP) is 3.23. The van der Waals surface area contributed by atoms with Crippen molar-refractivity contribution in [2.24, 2.45) is 11.7 Å². The van der Waals surface area contributed by atoms with E-state index in [-0.39, 0.29) is 30.3 Å². The fourth-order valence-electron chi connectivity index (χ4n) is 4.63. The molecule has 1 aliphatic rings. The number of anilines is 1. The van der Waals surface area contributed by atoms with Crippen molar-refractivity contribution in [3.63, 3.8) is 0 Å². The largest absolute Gasteiger partial charge is 0.481 e. The number of carbonyl (C=O) groups excluding carboxylic acids is 3. The average molecular weight is 497 g/mol. The number of hydrogen-bond donors (Lipinski definition) is 3. The summed E-state index contributed by atoms with van der Waals surface area (Å²) in [6.45, 7) is 2.17. The fraction of sp³-hybridized carbons (Fsp3) is 0.360. The molecule has 0 aliphatic heterocycles. The SMILES string of the molecule is CCN(C(=O)Cn1c(C(=O)NC2CCC(C(=O)O)CC2)cc2sccc21)c1cccc(C(N)=O)c1. The Morgan fingerprint density at radius 3 is 2.54 bits per heavy atom. The lowest BCUT2D eigenvalue weighted by molar-refractivity contribution is -0.142. The molecular formula is C25H28N4O5S. The van der Waals surface area contributed by atoms with Gasteiger partial charge in [-0.1, -0.05) is 6.07 Å². The molecular weight excluding hydrogens is 468 g/mol. The van der Waals surface area contributed by atoms with Crippen LogP contribution in [0.3, 0.4) is 0 Å². The van der Waals surface area contributed by atoms with E-state index in [0.29, 0.717) is 49.2 Å². The molecule has 1 aliphatic carbocycles. The second-order valence-corrected chi connectivity index (χ2v) is 9.65. The number of nitrogens with zero attached hydrogens (tertiary/aromatic N) is 2. The molecule has 1 saturated carbocycles. The molecule has 1 fully saturated rings. The Balaban J connectivity index is 1.54. The van der Waals surface area contributed by atoms with Crippen molar-refractivity contribution in [1.29, 1.82) is 0 Å². The van der Waals surface area contributed by atoms with Crippen molar-refractivity contribution in [2.75, 3.05) is 11.4 Å². The first-order valence-corrected chi connectivity index (χ1v) is 12.5. The number of nitrogens with one attached hydrogen (secondary N) is 1. The molecule has 3 aromatic rings. The number of rotatable bonds is 8. The number of aliphatic carboxylic acids is 1. The van der Waals surface area contributed by atoms with Crippen molar-refractivity contribution in [2.45, 2.75) is 45.2 Å². The van der Waals surface area contributed by atoms with E-state index in [0.717, 1.165) is 10.2 Å². The minimum Gasteiger partial charge on any atom is -0.481 e. The maximum atomic E-state index is 13.4. The van der Waals surface area contributed by atoms with Crippen molar-refractivity contribution in [3.05, 3.63) is 53.0 Å². The molecule has 4 N–H and O–H groups in total. The quantitative estimate of drug-likeness (QED) is 0.440. The van der Waals surface area contributed by atoms with Crippen LogP contribution < -0.4 is 16.0 Å². The van der Waals surface area contributed by atoms with E-state index in [1.54, 1.807) is 39.8 Å². The molecule has 10 heteroatoms. The number of thiophene rings is 1. The number of aromatic nitrogens is 1. The molecule has 0 atom stereocenters. The van der Waals surface area contributed by atoms with Crippen molar-refractivity contribution < 1.29 is 24.3 Å². The number of hydrogen-bond acceptors (Lipinski definition) is 5. The summed E-state index contributed by atoms with van der Waals surface area (Å²) < 4.78 is 2.61. The van der Waals surface area contributed by atoms with Crippen LogP contribution in [-0.4, -0.2) is 46.0 Å². The fourth-order valence-corrected chi connectivity index (χ4v) is 5.45. The van der Waals surface area contributed by atoms with Gasteiger partial charge in [0.2, 0.25) is 11.8 Å². The molecule has 35 heavy (non-hydrogen) atoms. The highest BCUT2D eigenvalue weighted by atomic mass is 32.1. The summed E-state index contributed by atoms with van der Waals surface area (Å²) in [5, 5.41) is 14.1. The zero-order chi connectivity index (χ0) is 25.1. The van der Waals surface area contributed by atoms with E-state index in [1.807, 2.05) is 18.4 Å². The Labute approximate surface area is 206 Å². The van der Waals surface area contributed by atoms with Crippen LogP contribution in [0.15, 0.2) is 41.8 Å². The summed E-state index contributed by atoms with van der Waals surface area (Å²) in [6, 6.07) is 10.2. The van der Waals surface area contributed by atoms with Crippen LogP contribution >= 0.6 is 11.3 Å². The van der Waals surface area contributed by atoms with Gasteiger partial charge in [-0.25, -0.2) is 0 Å². The highest BCUT2D eigenvalue weighted by molar-refractivity contribution is 7.17. The van der Waals surface area contributed by atoms with Crippen molar-refractivity contribution in [1.82, 2.24) is 9.88 Å². The van der Waals surface area contributed by atoms with Gasteiger partial charge in [-0.3, -0.25) is 19.2 Å². The summed E-state index contributed by atoms with van der Waals surface area (Å²) in [7, 11) is 0. The van der Waals surface area contributed by atoms with Gasteiger partial charge >= 0.3 is 5.97 Å². The lowest BCUT2D eigenvalue weighted by Gasteiger charge is -2.27. The van der Waals surface area contributed by atoms with Crippen LogP contribution in [0.4, 0.5) is 5.69 Å². The molecule has 2 heterocycles. The van der Waals surface area contributed by atoms with Gasteiger partial charge in [0.1, 0.15) is 12.2 Å². The monoisotopic (exact) mass is 496 g/mol. The number of likely N-dealkylation sites (N-methyl/N-ethyl adjacent to an activating group) is 1. The first-order chi connectivity index (χ1) is 16.8. The third-order valence-corrected chi connectivity index (χ3v) is 7.37. The van der Waals surface area contributed by atoms with Crippen LogP contribution in [0.25, 0.3) is 10.2 Å². The zero-order valence-corrected chi connectivity index (χ0v) is 20.2. The summed E-state index contributed by atoms with van der Waals surface area (Å²) in [4.78, 5) is 50.9. The second-order valence-electron chi connectivity index (χ2n) is 8.70. The van der Waals surface area contributed by atoms with Crippen molar-refractivity contribution >= 4 is 50.9 Å². The summed E-state index contributed by atoms with van der Waals surface area (Å²) in [5.74, 6) is -2.23. The number of carboxylic acid groups (broad SMARTS) is 1. The maximum Gasteiger partial charge on any atom is 0.306 e. The number of carbonyl (C=O) groups is 4. The highest BCUT2D eigenvalue weighted by Crippen LogP contribution is 2.28. The molecule has 1 aromatic carbocycles. The topological polar surface area (TPSA) is 135 Å². The molecule has 4 rings (SSSR count). The van der Waals surface area contributed by atoms with E-state index in [9.17, 15) is 24.3 Å². The molecule has 0 bridgehead atoms. The van der Waals surface area contributed by atoms with Gasteiger partial charge < -0.3 is 25.6 Å². The Morgan fingerprint density at radius 1 is 1.14 bits per heavy atom. The van der Waals surface area contributed by atoms with Gasteiger partial charge in [0.25, 0.3) is 5.91 Å². The lowest BCUT2D eigenvalue weighted by Crippen LogP contribution is -2.40. The van der Waals surface area contributed by atoms with E-state index in [1.165, 1.54) is 11.3 Å². The number of carboxylic acids is 1. The standard InChI is InChI=1S/C25H28N4O5S/c1-2-28(18-5-3-4-16(12-18)23(26)31)22(30)14-29-19-10-11-35-21(19)13-20(29)24(32)27-17-8-6-15(7-9-17)25(33)34/h3-5,10-13,15,17H,2,6-9,14H2,1H3,(H2,26,31)(H,27,32)(H,33,34). The summed E-state index contributed by atoms with van der Waals surface area (Å²) in [5.41, 5.74) is 7.45. The van der Waals surface area contributed by atoms with Crippen LogP contribution in [0.2, 0.25) is 0 Å². The number of amides is 3. The highest BCUT2D eigenvalue weighted by Gasteiger charge is 2.28. The Morgan fingerprint density at radius 2 is 1.89 bits per heavy atom. The van der Waals surface area contributed by atoms with Gasteiger partial charge in [-0.15, -0.1) is 11.3 Å². The molecule has 9 nitrogen and oxygen atoms in total. The Kier molecular flexibility index (Phi) is 7.20. The van der Waals surface area contributed by atoms with E-state index in [4.69, 9.17) is 5.73 Å². The van der Waals surface area contributed by atoms with E-state index < -0.39 is 11.9 Å². The summed E-state index contributed by atoms with van der Waals surface area (Å²) in [6.07, 6.45) is 2.28.